The third-order valence-corrected chi connectivity index (χ3v) is 4.30. The average Bonchev–Trinajstić information content (AvgIpc) is 2.41. The first kappa shape index (κ1) is 14.3. The molecule has 1 atom stereocenters. The zero-order valence-corrected chi connectivity index (χ0v) is 13.0. The second-order valence-corrected chi connectivity index (χ2v) is 6.03. The highest BCUT2D eigenvalue weighted by Gasteiger charge is 2.22. The minimum Gasteiger partial charge on any atom is -0.354 e. The van der Waals surface area contributed by atoms with Gasteiger partial charge in [-0.1, -0.05) is 20.8 Å². The molecule has 1 unspecified atom stereocenters. The highest BCUT2D eigenvalue weighted by Crippen LogP contribution is 2.24. The van der Waals surface area contributed by atoms with Crippen LogP contribution in [-0.2, 0) is 6.42 Å². The Bertz CT molecular complexity index is 428. The van der Waals surface area contributed by atoms with Crippen LogP contribution in [0, 0.1) is 0 Å². The Kier molecular flexibility index (Phi) is 4.46. The molecular formula is C16H27N3. The number of hydrogen-bond acceptors (Lipinski definition) is 3. The fourth-order valence-electron chi connectivity index (χ4n) is 2.75. The van der Waals surface area contributed by atoms with E-state index in [1.54, 1.807) is 0 Å². The first-order chi connectivity index (χ1) is 9.02. The summed E-state index contributed by atoms with van der Waals surface area (Å²) < 4.78 is 0. The monoisotopic (exact) mass is 261 g/mol. The summed E-state index contributed by atoms with van der Waals surface area (Å²) >= 11 is 0. The molecule has 1 aromatic rings. The molecule has 1 saturated heterocycles. The van der Waals surface area contributed by atoms with E-state index in [-0.39, 0.29) is 0 Å². The molecule has 2 rings (SSSR count). The minimum atomic E-state index is 0.558. The van der Waals surface area contributed by atoms with Crippen molar-refractivity contribution >= 4 is 5.82 Å². The topological polar surface area (TPSA) is 19.4 Å². The third kappa shape index (κ3) is 3.08. The number of piperazine rings is 1. The summed E-state index contributed by atoms with van der Waals surface area (Å²) in [5.74, 6) is 1.71. The molecule has 1 aromatic heterocycles. The van der Waals surface area contributed by atoms with E-state index >= 15 is 0 Å². The molecule has 19 heavy (non-hydrogen) atoms. The van der Waals surface area contributed by atoms with Crippen LogP contribution in [0.5, 0.6) is 0 Å². The fraction of sp³-hybridized carbons (Fsp3) is 0.688. The van der Waals surface area contributed by atoms with Crippen molar-refractivity contribution in [3.63, 3.8) is 0 Å². The van der Waals surface area contributed by atoms with E-state index in [4.69, 9.17) is 4.98 Å². The van der Waals surface area contributed by atoms with Crippen LogP contribution in [0.25, 0.3) is 0 Å². The van der Waals surface area contributed by atoms with Crippen LogP contribution in [0.15, 0.2) is 12.3 Å². The largest absolute Gasteiger partial charge is 0.354 e. The first-order valence-corrected chi connectivity index (χ1v) is 7.47. The molecule has 1 fully saturated rings. The molecule has 1 aliphatic heterocycles. The summed E-state index contributed by atoms with van der Waals surface area (Å²) in [5.41, 5.74) is 2.85. The van der Waals surface area contributed by atoms with Gasteiger partial charge in [-0.05, 0) is 43.5 Å². The second-order valence-electron chi connectivity index (χ2n) is 6.03. The Labute approximate surface area is 117 Å². The van der Waals surface area contributed by atoms with Crippen LogP contribution in [0.3, 0.4) is 0 Å². The molecule has 0 saturated carbocycles. The number of anilines is 1. The number of aromatic nitrogens is 1. The predicted molar refractivity (Wildman–Crippen MR) is 82.0 cm³/mol. The van der Waals surface area contributed by atoms with Crippen LogP contribution < -0.4 is 4.90 Å². The number of aryl methyl sites for hydroxylation is 1. The lowest BCUT2D eigenvalue weighted by Crippen LogP contribution is -2.50. The van der Waals surface area contributed by atoms with E-state index in [0.29, 0.717) is 12.0 Å². The lowest BCUT2D eigenvalue weighted by molar-refractivity contribution is 0.233. The van der Waals surface area contributed by atoms with Gasteiger partial charge in [0.2, 0.25) is 0 Å². The molecule has 106 valence electrons. The van der Waals surface area contributed by atoms with E-state index in [1.807, 2.05) is 0 Å². The molecule has 0 aliphatic carbocycles. The smallest absolute Gasteiger partial charge is 0.128 e. The van der Waals surface area contributed by atoms with Gasteiger partial charge in [0, 0.05) is 31.9 Å². The first-order valence-electron chi connectivity index (χ1n) is 7.47. The van der Waals surface area contributed by atoms with Gasteiger partial charge in [0.15, 0.2) is 0 Å². The van der Waals surface area contributed by atoms with Crippen LogP contribution in [-0.4, -0.2) is 42.6 Å². The Hall–Kier alpha value is -1.09. The summed E-state index contributed by atoms with van der Waals surface area (Å²) in [7, 11) is 2.20. The summed E-state index contributed by atoms with van der Waals surface area (Å²) in [6.45, 7) is 12.3. The van der Waals surface area contributed by atoms with E-state index in [2.05, 4.69) is 56.8 Å². The molecule has 3 heteroatoms. The van der Waals surface area contributed by atoms with Crippen molar-refractivity contribution in [1.82, 2.24) is 9.88 Å². The maximum absolute atomic E-state index is 4.70. The molecule has 0 N–H and O–H groups in total. The molecule has 2 heterocycles. The van der Waals surface area contributed by atoms with Crippen molar-refractivity contribution in [2.24, 2.45) is 0 Å². The molecule has 0 aromatic carbocycles. The van der Waals surface area contributed by atoms with Gasteiger partial charge in [-0.15, -0.1) is 0 Å². The molecule has 0 bridgehead atoms. The summed E-state index contributed by atoms with van der Waals surface area (Å²) in [6, 6.07) is 2.90. The van der Waals surface area contributed by atoms with Crippen LogP contribution in [0.2, 0.25) is 0 Å². The van der Waals surface area contributed by atoms with Crippen molar-refractivity contribution in [3.8, 4) is 0 Å². The minimum absolute atomic E-state index is 0.558. The van der Waals surface area contributed by atoms with Gasteiger partial charge >= 0.3 is 0 Å². The summed E-state index contributed by atoms with van der Waals surface area (Å²) in [4.78, 5) is 9.54. The Morgan fingerprint density at radius 1 is 1.37 bits per heavy atom. The van der Waals surface area contributed by atoms with Crippen molar-refractivity contribution in [1.29, 1.82) is 0 Å². The van der Waals surface area contributed by atoms with Crippen LogP contribution >= 0.6 is 0 Å². The lowest BCUT2D eigenvalue weighted by atomic mass is 9.98. The van der Waals surface area contributed by atoms with Crippen LogP contribution in [0.4, 0.5) is 5.82 Å². The Morgan fingerprint density at radius 2 is 2.11 bits per heavy atom. The van der Waals surface area contributed by atoms with Crippen LogP contribution in [0.1, 0.15) is 44.7 Å². The average molecular weight is 261 g/mol. The standard InChI is InChI=1S/C16H27N3/c1-6-14-9-16(17-10-15(14)12(2)3)19-8-7-18(5)13(4)11-19/h9-10,12-13H,6-8,11H2,1-5H3. The van der Waals surface area contributed by atoms with E-state index in [1.165, 1.54) is 11.1 Å². The van der Waals surface area contributed by atoms with Crippen molar-refractivity contribution in [2.45, 2.75) is 46.1 Å². The Balaban J connectivity index is 2.21. The lowest BCUT2D eigenvalue weighted by Gasteiger charge is -2.38. The second kappa shape index (κ2) is 5.91. The molecule has 0 spiro atoms. The fourth-order valence-corrected chi connectivity index (χ4v) is 2.75. The number of likely N-dealkylation sites (N-methyl/N-ethyl adjacent to an activating group) is 1. The number of pyridine rings is 1. The summed E-state index contributed by atoms with van der Waals surface area (Å²) in [6.07, 6.45) is 3.17. The molecule has 0 amide bonds. The van der Waals surface area contributed by atoms with Gasteiger partial charge in [-0.2, -0.15) is 0 Å². The number of rotatable bonds is 3. The zero-order valence-electron chi connectivity index (χ0n) is 13.0. The van der Waals surface area contributed by atoms with Crippen molar-refractivity contribution in [3.05, 3.63) is 23.4 Å². The normalized spacial score (nSPS) is 21.2. The number of nitrogens with zero attached hydrogens (tertiary/aromatic N) is 3. The zero-order chi connectivity index (χ0) is 14.0. The molecular weight excluding hydrogens is 234 g/mol. The predicted octanol–water partition coefficient (Wildman–Crippen LogP) is 2.91. The third-order valence-electron chi connectivity index (χ3n) is 4.30. The van der Waals surface area contributed by atoms with E-state index in [9.17, 15) is 0 Å². The van der Waals surface area contributed by atoms with Gasteiger partial charge in [0.25, 0.3) is 0 Å². The van der Waals surface area contributed by atoms with Gasteiger partial charge in [-0.3, -0.25) is 0 Å². The Morgan fingerprint density at radius 3 is 2.68 bits per heavy atom. The highest BCUT2D eigenvalue weighted by molar-refractivity contribution is 5.45. The molecule has 3 nitrogen and oxygen atoms in total. The maximum atomic E-state index is 4.70. The maximum Gasteiger partial charge on any atom is 0.128 e. The van der Waals surface area contributed by atoms with E-state index in [0.717, 1.165) is 31.9 Å². The van der Waals surface area contributed by atoms with Gasteiger partial charge in [0.05, 0.1) is 0 Å². The molecule has 0 radical (unpaired) electrons. The SMILES string of the molecule is CCc1cc(N2CCN(C)C(C)C2)ncc1C(C)C. The number of hydrogen-bond donors (Lipinski definition) is 0. The van der Waals surface area contributed by atoms with Gasteiger partial charge < -0.3 is 9.80 Å². The van der Waals surface area contributed by atoms with E-state index < -0.39 is 0 Å². The highest BCUT2D eigenvalue weighted by atomic mass is 15.3. The van der Waals surface area contributed by atoms with Gasteiger partial charge in [0.1, 0.15) is 5.82 Å². The molecule has 1 aliphatic rings. The summed E-state index contributed by atoms with van der Waals surface area (Å²) in [5, 5.41) is 0. The van der Waals surface area contributed by atoms with Crippen molar-refractivity contribution < 1.29 is 0 Å². The van der Waals surface area contributed by atoms with Gasteiger partial charge in [-0.25, -0.2) is 4.98 Å². The quantitative estimate of drug-likeness (QED) is 0.834. The van der Waals surface area contributed by atoms with Crippen molar-refractivity contribution in [2.75, 3.05) is 31.6 Å².